The molecular formula is C23H30IN5O. The third kappa shape index (κ3) is 6.80. The Morgan fingerprint density at radius 3 is 2.77 bits per heavy atom. The van der Waals surface area contributed by atoms with Gasteiger partial charge in [-0.15, -0.1) is 24.0 Å². The Morgan fingerprint density at radius 1 is 1.27 bits per heavy atom. The minimum Gasteiger partial charge on any atom is -0.497 e. The van der Waals surface area contributed by atoms with E-state index in [1.165, 1.54) is 5.69 Å². The van der Waals surface area contributed by atoms with Crippen molar-refractivity contribution in [2.24, 2.45) is 4.99 Å². The average Bonchev–Trinajstić information content (AvgIpc) is 2.78. The maximum atomic E-state index is 8.92. The second kappa shape index (κ2) is 12.3. The lowest BCUT2D eigenvalue weighted by molar-refractivity contribution is 0.414. The Hall–Kier alpha value is -2.47. The molecule has 3 rings (SSSR count). The molecule has 160 valence electrons. The molecule has 0 aliphatic carbocycles. The number of piperidine rings is 1. The number of guanidine groups is 1. The van der Waals surface area contributed by atoms with Crippen LogP contribution in [0.4, 0.5) is 5.69 Å². The summed E-state index contributed by atoms with van der Waals surface area (Å²) in [6.07, 6.45) is 2.24. The van der Waals surface area contributed by atoms with Crippen LogP contribution in [0.25, 0.3) is 0 Å². The molecule has 0 aromatic heterocycles. The molecule has 1 aliphatic rings. The highest BCUT2D eigenvalue weighted by Crippen LogP contribution is 2.24. The number of hydrogen-bond donors (Lipinski definition) is 2. The average molecular weight is 519 g/mol. The van der Waals surface area contributed by atoms with E-state index in [4.69, 9.17) is 15.0 Å². The van der Waals surface area contributed by atoms with Gasteiger partial charge in [-0.05, 0) is 49.6 Å². The van der Waals surface area contributed by atoms with Gasteiger partial charge >= 0.3 is 0 Å². The smallest absolute Gasteiger partial charge is 0.191 e. The zero-order valence-corrected chi connectivity index (χ0v) is 19.9. The monoisotopic (exact) mass is 519 g/mol. The predicted octanol–water partition coefficient (Wildman–Crippen LogP) is 3.91. The fourth-order valence-electron chi connectivity index (χ4n) is 3.51. The summed E-state index contributed by atoms with van der Waals surface area (Å²) in [5.41, 5.74) is 2.95. The minimum absolute atomic E-state index is 0. The molecule has 30 heavy (non-hydrogen) atoms. The zero-order valence-electron chi connectivity index (χ0n) is 17.6. The standard InChI is InChI=1S/C23H29N5O.HI/c1-3-25-23(26-16-19-11-9-18(15-24)10-12-19)27-20-6-5-13-28(17-20)21-7-4-8-22(14-21)29-2;/h4,7-12,14,20H,3,5-6,13,16-17H2,1-2H3,(H2,25,26,27);1H. The van der Waals surface area contributed by atoms with Crippen molar-refractivity contribution in [2.45, 2.75) is 32.4 Å². The Balaban J connectivity index is 0.00000320. The molecule has 0 radical (unpaired) electrons. The molecule has 2 aromatic rings. The van der Waals surface area contributed by atoms with Gasteiger partial charge in [0.2, 0.25) is 0 Å². The Morgan fingerprint density at radius 2 is 2.07 bits per heavy atom. The van der Waals surface area contributed by atoms with Gasteiger partial charge in [0.05, 0.1) is 25.3 Å². The van der Waals surface area contributed by atoms with Gasteiger partial charge in [0, 0.05) is 37.4 Å². The molecule has 0 amide bonds. The fraction of sp³-hybridized carbons (Fsp3) is 0.391. The van der Waals surface area contributed by atoms with Gasteiger partial charge < -0.3 is 20.3 Å². The first-order valence-electron chi connectivity index (χ1n) is 10.1. The quantitative estimate of drug-likeness (QED) is 0.344. The van der Waals surface area contributed by atoms with Crippen molar-refractivity contribution in [1.29, 1.82) is 5.26 Å². The normalized spacial score (nSPS) is 16.2. The van der Waals surface area contributed by atoms with E-state index < -0.39 is 0 Å². The highest BCUT2D eigenvalue weighted by molar-refractivity contribution is 14.0. The minimum atomic E-state index is 0. The van der Waals surface area contributed by atoms with Gasteiger partial charge in [0.15, 0.2) is 5.96 Å². The van der Waals surface area contributed by atoms with Gasteiger partial charge in [-0.1, -0.05) is 18.2 Å². The molecule has 2 aromatic carbocycles. The number of hydrogen-bond acceptors (Lipinski definition) is 4. The molecular weight excluding hydrogens is 489 g/mol. The highest BCUT2D eigenvalue weighted by Gasteiger charge is 2.21. The molecule has 0 saturated carbocycles. The Labute approximate surface area is 196 Å². The van der Waals surface area contributed by atoms with Crippen LogP contribution in [0.3, 0.4) is 0 Å². The molecule has 1 saturated heterocycles. The second-order valence-corrected chi connectivity index (χ2v) is 7.13. The largest absolute Gasteiger partial charge is 0.497 e. The number of nitriles is 1. The number of rotatable bonds is 6. The lowest BCUT2D eigenvalue weighted by Gasteiger charge is -2.35. The van der Waals surface area contributed by atoms with E-state index in [2.05, 4.69) is 40.7 Å². The topological polar surface area (TPSA) is 72.7 Å². The van der Waals surface area contributed by atoms with Crippen LogP contribution in [-0.2, 0) is 6.54 Å². The van der Waals surface area contributed by atoms with Gasteiger partial charge in [-0.2, -0.15) is 5.26 Å². The summed E-state index contributed by atoms with van der Waals surface area (Å²) in [7, 11) is 1.70. The molecule has 1 fully saturated rings. The summed E-state index contributed by atoms with van der Waals surface area (Å²) in [5.74, 6) is 1.71. The third-order valence-corrected chi connectivity index (χ3v) is 5.03. The van der Waals surface area contributed by atoms with Crippen LogP contribution < -0.4 is 20.3 Å². The molecule has 1 heterocycles. The zero-order chi connectivity index (χ0) is 20.5. The van der Waals surface area contributed by atoms with E-state index in [-0.39, 0.29) is 24.0 Å². The first kappa shape index (κ1) is 23.8. The summed E-state index contributed by atoms with van der Waals surface area (Å²) in [6.45, 7) is 5.43. The number of anilines is 1. The van der Waals surface area contributed by atoms with E-state index in [9.17, 15) is 0 Å². The van der Waals surface area contributed by atoms with Crippen molar-refractivity contribution < 1.29 is 4.74 Å². The first-order chi connectivity index (χ1) is 14.2. The van der Waals surface area contributed by atoms with Crippen LogP contribution in [-0.4, -0.2) is 38.7 Å². The second-order valence-electron chi connectivity index (χ2n) is 7.13. The number of halogens is 1. The lowest BCUT2D eigenvalue weighted by Crippen LogP contribution is -2.51. The predicted molar refractivity (Wildman–Crippen MR) is 133 cm³/mol. The van der Waals surface area contributed by atoms with Gasteiger partial charge in [0.1, 0.15) is 5.75 Å². The summed E-state index contributed by atoms with van der Waals surface area (Å²) >= 11 is 0. The van der Waals surface area contributed by atoms with E-state index in [0.29, 0.717) is 18.2 Å². The van der Waals surface area contributed by atoms with Gasteiger partial charge in [-0.25, -0.2) is 4.99 Å². The number of benzene rings is 2. The van der Waals surface area contributed by atoms with Crippen molar-refractivity contribution in [1.82, 2.24) is 10.6 Å². The van der Waals surface area contributed by atoms with Crippen molar-refractivity contribution in [3.63, 3.8) is 0 Å². The first-order valence-corrected chi connectivity index (χ1v) is 10.1. The van der Waals surface area contributed by atoms with Crippen LogP contribution in [0, 0.1) is 11.3 Å². The number of ether oxygens (including phenoxy) is 1. The van der Waals surface area contributed by atoms with Crippen LogP contribution in [0.2, 0.25) is 0 Å². The van der Waals surface area contributed by atoms with Gasteiger partial charge in [-0.3, -0.25) is 0 Å². The molecule has 1 unspecified atom stereocenters. The van der Waals surface area contributed by atoms with Crippen LogP contribution >= 0.6 is 24.0 Å². The number of nitrogens with zero attached hydrogens (tertiary/aromatic N) is 3. The Bertz CT molecular complexity index is 863. The van der Waals surface area contributed by atoms with E-state index in [1.807, 2.05) is 36.4 Å². The number of methoxy groups -OCH3 is 1. The number of aliphatic imine (C=N–C) groups is 1. The van der Waals surface area contributed by atoms with Crippen molar-refractivity contribution in [2.75, 3.05) is 31.6 Å². The van der Waals surface area contributed by atoms with E-state index in [1.54, 1.807) is 7.11 Å². The maximum Gasteiger partial charge on any atom is 0.191 e. The van der Waals surface area contributed by atoms with Gasteiger partial charge in [0.25, 0.3) is 0 Å². The highest BCUT2D eigenvalue weighted by atomic mass is 127. The summed E-state index contributed by atoms with van der Waals surface area (Å²) in [6, 6.07) is 18.3. The molecule has 1 aliphatic heterocycles. The van der Waals surface area contributed by atoms with E-state index in [0.717, 1.165) is 49.7 Å². The van der Waals surface area contributed by atoms with Crippen molar-refractivity contribution in [3.05, 3.63) is 59.7 Å². The van der Waals surface area contributed by atoms with E-state index >= 15 is 0 Å². The van der Waals surface area contributed by atoms with Crippen LogP contribution in [0.5, 0.6) is 5.75 Å². The summed E-state index contributed by atoms with van der Waals surface area (Å²) < 4.78 is 5.37. The van der Waals surface area contributed by atoms with Crippen molar-refractivity contribution in [3.8, 4) is 11.8 Å². The summed E-state index contributed by atoms with van der Waals surface area (Å²) in [4.78, 5) is 7.13. The SMILES string of the molecule is CCNC(=NCc1ccc(C#N)cc1)NC1CCCN(c2cccc(OC)c2)C1.I. The molecule has 7 heteroatoms. The maximum absolute atomic E-state index is 8.92. The third-order valence-electron chi connectivity index (χ3n) is 5.03. The lowest BCUT2D eigenvalue weighted by atomic mass is 10.0. The molecule has 1 atom stereocenters. The Kier molecular flexibility index (Phi) is 9.74. The van der Waals surface area contributed by atoms with Crippen LogP contribution in [0.1, 0.15) is 30.9 Å². The summed E-state index contributed by atoms with van der Waals surface area (Å²) in [5, 5.41) is 15.9. The van der Waals surface area contributed by atoms with Crippen LogP contribution in [0.15, 0.2) is 53.5 Å². The fourth-order valence-corrected chi connectivity index (χ4v) is 3.51. The number of nitrogens with one attached hydrogen (secondary N) is 2. The molecule has 2 N–H and O–H groups in total. The molecule has 0 spiro atoms. The van der Waals surface area contributed by atoms with Crippen molar-refractivity contribution >= 4 is 35.6 Å². The molecule has 6 nitrogen and oxygen atoms in total. The molecule has 0 bridgehead atoms.